The molecule has 1 aliphatic heterocycles. The average molecular weight is 510 g/mol. The van der Waals surface area contributed by atoms with Crippen LogP contribution in [0.2, 0.25) is 9.85 Å². The van der Waals surface area contributed by atoms with Gasteiger partial charge in [-0.25, -0.2) is 0 Å². The maximum atomic E-state index is 12.6. The van der Waals surface area contributed by atoms with E-state index in [0.717, 1.165) is 6.42 Å². The van der Waals surface area contributed by atoms with Crippen molar-refractivity contribution in [3.8, 4) is 0 Å². The zero-order valence-electron chi connectivity index (χ0n) is 18.9. The van der Waals surface area contributed by atoms with Gasteiger partial charge in [-0.3, -0.25) is 0 Å². The molecule has 1 saturated heterocycles. The van der Waals surface area contributed by atoms with Crippen LogP contribution in [0.5, 0.6) is 0 Å². The van der Waals surface area contributed by atoms with Gasteiger partial charge in [-0.15, -0.1) is 0 Å². The van der Waals surface area contributed by atoms with Gasteiger partial charge in [-0.2, -0.15) is 0 Å². The maximum absolute atomic E-state index is 12.6. The molecule has 0 radical (unpaired) electrons. The van der Waals surface area contributed by atoms with Gasteiger partial charge in [0.05, 0.1) is 0 Å². The van der Waals surface area contributed by atoms with Crippen LogP contribution >= 0.6 is 0 Å². The van der Waals surface area contributed by atoms with E-state index in [0.29, 0.717) is 6.61 Å². The Bertz CT molecular complexity index is 980. The summed E-state index contributed by atoms with van der Waals surface area (Å²) < 4.78 is 14.0. The summed E-state index contributed by atoms with van der Waals surface area (Å²) in [5, 5.41) is 2.40. The molecule has 1 aliphatic rings. The Morgan fingerprint density at radius 1 is 0.875 bits per heavy atom. The first-order chi connectivity index (χ1) is 15.4. The molecule has 2 atom stereocenters. The normalized spacial score (nSPS) is 19.0. The predicted octanol–water partition coefficient (Wildman–Crippen LogP) is 3.70. The molecular formula is C27H30O3SeSi. The van der Waals surface area contributed by atoms with Crippen molar-refractivity contribution in [3.05, 3.63) is 91.0 Å². The first-order valence-corrected chi connectivity index (χ1v) is 14.8. The fourth-order valence-electron chi connectivity index (χ4n) is 4.46. The van der Waals surface area contributed by atoms with Gasteiger partial charge in [-0.1, -0.05) is 0 Å². The molecule has 0 aromatic heterocycles. The van der Waals surface area contributed by atoms with Crippen LogP contribution in [-0.2, 0) is 14.0 Å². The number of hydrogen-bond acceptors (Lipinski definition) is 3. The summed E-state index contributed by atoms with van der Waals surface area (Å²) in [6.07, 6.45) is 0.533. The Labute approximate surface area is 198 Å². The molecule has 0 N–H and O–H groups in total. The summed E-state index contributed by atoms with van der Waals surface area (Å²) >= 11 is 0.0739. The van der Waals surface area contributed by atoms with E-state index in [1.54, 1.807) is 0 Å². The van der Waals surface area contributed by atoms with Crippen LogP contribution in [-0.4, -0.2) is 42.0 Å². The molecule has 0 bridgehead atoms. The molecule has 1 heterocycles. The van der Waals surface area contributed by atoms with Crippen LogP contribution in [0.4, 0.5) is 0 Å². The van der Waals surface area contributed by atoms with E-state index in [9.17, 15) is 4.79 Å². The van der Waals surface area contributed by atoms with Crippen molar-refractivity contribution in [3.63, 3.8) is 0 Å². The fraction of sp³-hybridized carbons (Fsp3) is 0.296. The van der Waals surface area contributed by atoms with Crippen molar-refractivity contribution in [2.24, 2.45) is 0 Å². The standard InChI is InChI=1S/C27H30O3SeSi/c1-27(2,3)32(23-15-9-5-10-16-23,24-17-11-6-12-18-24)29-20-21-19-25(26(28)30-21)31-22-13-7-4-8-14-22/h4-18,21,25H,19-20H2,1-3H3/t21-,25+/m1/s1. The van der Waals surface area contributed by atoms with E-state index in [1.165, 1.54) is 14.8 Å². The number of esters is 1. The van der Waals surface area contributed by atoms with Crippen LogP contribution < -0.4 is 14.8 Å². The van der Waals surface area contributed by atoms with E-state index < -0.39 is 8.32 Å². The molecule has 5 heteroatoms. The second kappa shape index (κ2) is 9.76. The Morgan fingerprint density at radius 2 is 1.38 bits per heavy atom. The number of benzene rings is 3. The van der Waals surface area contributed by atoms with E-state index in [1.807, 2.05) is 30.3 Å². The Balaban J connectivity index is 1.58. The van der Waals surface area contributed by atoms with Gasteiger partial charge in [0, 0.05) is 0 Å². The van der Waals surface area contributed by atoms with Gasteiger partial charge in [0.25, 0.3) is 0 Å². The third kappa shape index (κ3) is 4.77. The second-order valence-electron chi connectivity index (χ2n) is 9.19. The minimum absolute atomic E-state index is 0.0438. The molecule has 0 saturated carbocycles. The number of carbonyl (C=O) groups excluding carboxylic acids is 1. The van der Waals surface area contributed by atoms with E-state index in [-0.39, 0.29) is 36.9 Å². The molecule has 3 aromatic rings. The first-order valence-electron chi connectivity index (χ1n) is 11.1. The molecule has 4 rings (SSSR count). The summed E-state index contributed by atoms with van der Waals surface area (Å²) in [6.45, 7) is 7.23. The van der Waals surface area contributed by atoms with Gasteiger partial charge in [0.1, 0.15) is 0 Å². The summed E-state index contributed by atoms with van der Waals surface area (Å²) in [6, 6.07) is 31.4. The number of carbonyl (C=O) groups is 1. The van der Waals surface area contributed by atoms with Crippen molar-refractivity contribution >= 4 is 44.1 Å². The van der Waals surface area contributed by atoms with Gasteiger partial charge >= 0.3 is 199 Å². The average Bonchev–Trinajstić information content (AvgIpc) is 3.14. The van der Waals surface area contributed by atoms with Crippen LogP contribution in [0.3, 0.4) is 0 Å². The molecule has 0 amide bonds. The second-order valence-corrected chi connectivity index (χ2v) is 16.2. The van der Waals surface area contributed by atoms with Gasteiger partial charge < -0.3 is 0 Å². The molecule has 0 spiro atoms. The molecule has 3 aromatic carbocycles. The molecule has 3 nitrogen and oxygen atoms in total. The monoisotopic (exact) mass is 510 g/mol. The van der Waals surface area contributed by atoms with Crippen LogP contribution in [0.25, 0.3) is 0 Å². The predicted molar refractivity (Wildman–Crippen MR) is 134 cm³/mol. The van der Waals surface area contributed by atoms with Crippen molar-refractivity contribution in [2.75, 3.05) is 6.61 Å². The Morgan fingerprint density at radius 3 is 1.88 bits per heavy atom. The van der Waals surface area contributed by atoms with E-state index in [4.69, 9.17) is 9.16 Å². The number of ether oxygens (including phenoxy) is 1. The summed E-state index contributed by atoms with van der Waals surface area (Å²) in [4.78, 5) is 12.6. The summed E-state index contributed by atoms with van der Waals surface area (Å²) in [5.74, 6) is -0.0788. The van der Waals surface area contributed by atoms with E-state index >= 15 is 0 Å². The molecule has 1 fully saturated rings. The SMILES string of the molecule is CC(C)(C)[Si](OC[C@H]1C[C@H]([Se]c2ccccc2)C(=O)O1)(c1ccccc1)c1ccccc1. The van der Waals surface area contributed by atoms with Gasteiger partial charge in [0.15, 0.2) is 0 Å². The van der Waals surface area contributed by atoms with Crippen molar-refractivity contribution < 1.29 is 14.0 Å². The van der Waals surface area contributed by atoms with Crippen LogP contribution in [0.1, 0.15) is 27.2 Å². The van der Waals surface area contributed by atoms with Crippen LogP contribution in [0.15, 0.2) is 91.0 Å². The topological polar surface area (TPSA) is 35.5 Å². The van der Waals surface area contributed by atoms with Crippen molar-refractivity contribution in [2.45, 2.75) is 43.2 Å². The Kier molecular flexibility index (Phi) is 7.01. The third-order valence-corrected chi connectivity index (χ3v) is 13.5. The zero-order chi connectivity index (χ0) is 22.6. The third-order valence-electron chi connectivity index (χ3n) is 5.95. The molecule has 166 valence electrons. The summed E-state index contributed by atoms with van der Waals surface area (Å²) in [5.41, 5.74) is 0. The minimum atomic E-state index is -2.62. The molecular weight excluding hydrogens is 479 g/mol. The van der Waals surface area contributed by atoms with Gasteiger partial charge in [-0.05, 0) is 0 Å². The Hall–Kier alpha value is -2.17. The summed E-state index contributed by atoms with van der Waals surface area (Å²) in [7, 11) is -2.62. The van der Waals surface area contributed by atoms with E-state index in [2.05, 4.69) is 81.4 Å². The first kappa shape index (κ1) is 23.0. The molecule has 32 heavy (non-hydrogen) atoms. The number of rotatable bonds is 7. The van der Waals surface area contributed by atoms with Crippen molar-refractivity contribution in [1.29, 1.82) is 0 Å². The van der Waals surface area contributed by atoms with Crippen LogP contribution in [0, 0.1) is 0 Å². The zero-order valence-corrected chi connectivity index (χ0v) is 21.6. The number of hydrogen-bond donors (Lipinski definition) is 0. The fourth-order valence-corrected chi connectivity index (χ4v) is 11.4. The van der Waals surface area contributed by atoms with Gasteiger partial charge in [0.2, 0.25) is 0 Å². The van der Waals surface area contributed by atoms with Crippen molar-refractivity contribution in [1.82, 2.24) is 0 Å². The quantitative estimate of drug-likeness (QED) is 0.360. The number of cyclic esters (lactones) is 1. The molecule has 0 unspecified atom stereocenters. The molecule has 0 aliphatic carbocycles.